The van der Waals surface area contributed by atoms with Crippen LogP contribution in [0.2, 0.25) is 0 Å². The van der Waals surface area contributed by atoms with E-state index in [2.05, 4.69) is 35.4 Å². The number of hydrogen-bond acceptors (Lipinski definition) is 2. The van der Waals surface area contributed by atoms with Gasteiger partial charge in [0.2, 0.25) is 5.91 Å². The lowest BCUT2D eigenvalue weighted by molar-refractivity contribution is -0.123. The van der Waals surface area contributed by atoms with Gasteiger partial charge in [-0.15, -0.1) is 12.4 Å². The summed E-state index contributed by atoms with van der Waals surface area (Å²) in [4.78, 5) is 15.3. The smallest absolute Gasteiger partial charge is 0.237 e. The van der Waals surface area contributed by atoms with E-state index in [4.69, 9.17) is 5.73 Å². The molecule has 1 aromatic carbocycles. The minimum atomic E-state index is -0.416. The molecule has 22 heavy (non-hydrogen) atoms. The molecule has 0 aliphatic carbocycles. The maximum atomic E-state index is 11.9. The van der Waals surface area contributed by atoms with E-state index >= 15 is 0 Å². The number of nitrogens with one attached hydrogen (secondary N) is 2. The third kappa shape index (κ3) is 4.02. The number of benzene rings is 1. The number of H-pyrrole nitrogens is 1. The topological polar surface area (TPSA) is 70.9 Å². The van der Waals surface area contributed by atoms with Crippen LogP contribution in [0.25, 0.3) is 10.9 Å². The van der Waals surface area contributed by atoms with Crippen LogP contribution in [0.1, 0.15) is 31.4 Å². The molecular weight excluding hydrogens is 298 g/mol. The van der Waals surface area contributed by atoms with Gasteiger partial charge in [0.05, 0.1) is 6.04 Å². The van der Waals surface area contributed by atoms with Gasteiger partial charge >= 0.3 is 0 Å². The SMILES string of the molecule is CCC(C)C(N)C(=O)NCCc1c[nH]c2c(C)cccc12.Cl. The Labute approximate surface area is 138 Å². The minimum Gasteiger partial charge on any atom is -0.361 e. The maximum absolute atomic E-state index is 11.9. The molecule has 1 aromatic heterocycles. The van der Waals surface area contributed by atoms with Gasteiger partial charge in [-0.1, -0.05) is 38.5 Å². The Morgan fingerprint density at radius 2 is 2.14 bits per heavy atom. The molecule has 0 aliphatic rings. The summed E-state index contributed by atoms with van der Waals surface area (Å²) in [5, 5.41) is 4.17. The van der Waals surface area contributed by atoms with Gasteiger partial charge in [-0.25, -0.2) is 0 Å². The molecule has 2 aromatic rings. The molecule has 0 radical (unpaired) electrons. The maximum Gasteiger partial charge on any atom is 0.237 e. The molecule has 1 heterocycles. The lowest BCUT2D eigenvalue weighted by Gasteiger charge is -2.17. The normalized spacial score (nSPS) is 13.5. The first-order chi connectivity index (χ1) is 10.0. The number of hydrogen-bond donors (Lipinski definition) is 3. The number of aromatic nitrogens is 1. The monoisotopic (exact) mass is 323 g/mol. The highest BCUT2D eigenvalue weighted by Gasteiger charge is 2.18. The second-order valence-corrected chi connectivity index (χ2v) is 5.76. The van der Waals surface area contributed by atoms with Crippen molar-refractivity contribution in [2.45, 2.75) is 39.7 Å². The van der Waals surface area contributed by atoms with Crippen molar-refractivity contribution in [3.63, 3.8) is 0 Å². The molecule has 122 valence electrons. The van der Waals surface area contributed by atoms with Crippen molar-refractivity contribution in [1.29, 1.82) is 0 Å². The minimum absolute atomic E-state index is 0. The molecule has 2 rings (SSSR count). The fraction of sp³-hybridized carbons (Fsp3) is 0.471. The number of amides is 1. The van der Waals surface area contributed by atoms with Crippen LogP contribution in [-0.4, -0.2) is 23.5 Å². The molecule has 2 atom stereocenters. The second kappa shape index (κ2) is 8.20. The number of fused-ring (bicyclic) bond motifs is 1. The fourth-order valence-corrected chi connectivity index (χ4v) is 2.52. The Kier molecular flexibility index (Phi) is 6.91. The quantitative estimate of drug-likeness (QED) is 0.765. The molecule has 4 N–H and O–H groups in total. The molecule has 2 unspecified atom stereocenters. The summed E-state index contributed by atoms with van der Waals surface area (Å²) in [5.41, 5.74) is 9.56. The van der Waals surface area contributed by atoms with Gasteiger partial charge < -0.3 is 16.0 Å². The van der Waals surface area contributed by atoms with E-state index in [9.17, 15) is 4.79 Å². The number of aryl methyl sites for hydroxylation is 1. The number of para-hydroxylation sites is 1. The largest absolute Gasteiger partial charge is 0.361 e. The Bertz CT molecular complexity index is 623. The van der Waals surface area contributed by atoms with E-state index in [1.165, 1.54) is 22.0 Å². The van der Waals surface area contributed by atoms with Crippen molar-refractivity contribution in [2.24, 2.45) is 11.7 Å². The Balaban J connectivity index is 0.00000242. The van der Waals surface area contributed by atoms with Crippen molar-refractivity contribution in [3.8, 4) is 0 Å². The van der Waals surface area contributed by atoms with Gasteiger partial charge in [0.15, 0.2) is 0 Å². The van der Waals surface area contributed by atoms with Crippen LogP contribution < -0.4 is 11.1 Å². The molecule has 0 saturated heterocycles. The van der Waals surface area contributed by atoms with Gasteiger partial charge in [0.25, 0.3) is 0 Å². The summed E-state index contributed by atoms with van der Waals surface area (Å²) in [7, 11) is 0. The molecule has 0 spiro atoms. The lowest BCUT2D eigenvalue weighted by Crippen LogP contribution is -2.45. The first kappa shape index (κ1) is 18.5. The van der Waals surface area contributed by atoms with Gasteiger partial charge in [0, 0.05) is 23.6 Å². The van der Waals surface area contributed by atoms with Gasteiger partial charge in [-0.3, -0.25) is 4.79 Å². The zero-order valence-electron chi connectivity index (χ0n) is 13.5. The highest BCUT2D eigenvalue weighted by Crippen LogP contribution is 2.21. The van der Waals surface area contributed by atoms with Crippen molar-refractivity contribution < 1.29 is 4.79 Å². The zero-order valence-corrected chi connectivity index (χ0v) is 14.3. The zero-order chi connectivity index (χ0) is 15.4. The second-order valence-electron chi connectivity index (χ2n) is 5.76. The number of rotatable bonds is 6. The number of halogens is 1. The van der Waals surface area contributed by atoms with Crippen LogP contribution >= 0.6 is 12.4 Å². The number of carbonyl (C=O) groups excluding carboxylic acids is 1. The Hall–Kier alpha value is -1.52. The summed E-state index contributed by atoms with van der Waals surface area (Å²) in [5.74, 6) is 0.154. The van der Waals surface area contributed by atoms with E-state index in [1.807, 2.05) is 20.0 Å². The van der Waals surface area contributed by atoms with Gasteiger partial charge in [-0.05, 0) is 30.4 Å². The Morgan fingerprint density at radius 1 is 1.41 bits per heavy atom. The standard InChI is InChI=1S/C17H25N3O.ClH/c1-4-11(2)15(18)17(21)19-9-8-13-10-20-16-12(3)6-5-7-14(13)16;/h5-7,10-11,15,20H,4,8-9,18H2,1-3H3,(H,19,21);1H. The van der Waals surface area contributed by atoms with E-state index in [-0.39, 0.29) is 24.2 Å². The van der Waals surface area contributed by atoms with Gasteiger partial charge in [-0.2, -0.15) is 0 Å². The number of aromatic amines is 1. The number of carbonyl (C=O) groups is 1. The van der Waals surface area contributed by atoms with Crippen LogP contribution in [0.4, 0.5) is 0 Å². The first-order valence-corrected chi connectivity index (χ1v) is 7.63. The van der Waals surface area contributed by atoms with E-state index in [1.54, 1.807) is 0 Å². The predicted octanol–water partition coefficient (Wildman–Crippen LogP) is 2.93. The molecule has 5 heteroatoms. The summed E-state index contributed by atoms with van der Waals surface area (Å²) in [6.45, 7) is 6.76. The van der Waals surface area contributed by atoms with Crippen molar-refractivity contribution in [1.82, 2.24) is 10.3 Å². The lowest BCUT2D eigenvalue weighted by atomic mass is 9.99. The van der Waals surface area contributed by atoms with Gasteiger partial charge in [0.1, 0.15) is 0 Å². The summed E-state index contributed by atoms with van der Waals surface area (Å²) >= 11 is 0. The van der Waals surface area contributed by atoms with E-state index < -0.39 is 6.04 Å². The predicted molar refractivity (Wildman–Crippen MR) is 94.4 cm³/mol. The third-order valence-corrected chi connectivity index (χ3v) is 4.26. The van der Waals surface area contributed by atoms with Crippen LogP contribution in [-0.2, 0) is 11.2 Å². The average molecular weight is 324 g/mol. The van der Waals surface area contributed by atoms with Crippen molar-refractivity contribution >= 4 is 29.2 Å². The molecule has 0 bridgehead atoms. The van der Waals surface area contributed by atoms with E-state index in [0.717, 1.165) is 12.8 Å². The molecule has 1 amide bonds. The average Bonchev–Trinajstić information content (AvgIpc) is 2.90. The summed E-state index contributed by atoms with van der Waals surface area (Å²) in [6.07, 6.45) is 3.75. The highest BCUT2D eigenvalue weighted by molar-refractivity contribution is 5.86. The Morgan fingerprint density at radius 3 is 2.82 bits per heavy atom. The van der Waals surface area contributed by atoms with Crippen molar-refractivity contribution in [2.75, 3.05) is 6.54 Å². The molecule has 4 nitrogen and oxygen atoms in total. The van der Waals surface area contributed by atoms with Crippen LogP contribution in [0.15, 0.2) is 24.4 Å². The summed E-state index contributed by atoms with van der Waals surface area (Å²) < 4.78 is 0. The van der Waals surface area contributed by atoms with Crippen LogP contribution in [0.3, 0.4) is 0 Å². The van der Waals surface area contributed by atoms with Crippen LogP contribution in [0.5, 0.6) is 0 Å². The highest BCUT2D eigenvalue weighted by atomic mass is 35.5. The van der Waals surface area contributed by atoms with Crippen LogP contribution in [0, 0.1) is 12.8 Å². The summed E-state index contributed by atoms with van der Waals surface area (Å²) in [6, 6.07) is 5.85. The fourth-order valence-electron chi connectivity index (χ4n) is 2.52. The third-order valence-electron chi connectivity index (χ3n) is 4.26. The molecule has 0 saturated carbocycles. The molecule has 0 aliphatic heterocycles. The molecular formula is C17H26ClN3O. The molecule has 0 fully saturated rings. The number of nitrogens with two attached hydrogens (primary N) is 1. The van der Waals surface area contributed by atoms with E-state index in [0.29, 0.717) is 6.54 Å². The van der Waals surface area contributed by atoms with Crippen molar-refractivity contribution in [3.05, 3.63) is 35.5 Å². The first-order valence-electron chi connectivity index (χ1n) is 7.63.